The summed E-state index contributed by atoms with van der Waals surface area (Å²) in [5.41, 5.74) is 15.0. The molecule has 0 spiro atoms. The predicted octanol–water partition coefficient (Wildman–Crippen LogP) is 14.1. The molecule has 0 radical (unpaired) electrons. The van der Waals surface area contributed by atoms with Gasteiger partial charge in [0.25, 0.3) is 0 Å². The van der Waals surface area contributed by atoms with Gasteiger partial charge in [-0.25, -0.2) is 0 Å². The van der Waals surface area contributed by atoms with E-state index in [1.165, 1.54) is 99.1 Å². The highest BCUT2D eigenvalue weighted by Gasteiger charge is 2.13. The quantitative estimate of drug-likeness (QED) is 0.165. The van der Waals surface area contributed by atoms with Gasteiger partial charge in [-0.3, -0.25) is 0 Å². The van der Waals surface area contributed by atoms with E-state index in [4.69, 9.17) is 0 Å². The predicted molar refractivity (Wildman–Crippen MR) is 216 cm³/mol. The van der Waals surface area contributed by atoms with E-state index in [1.54, 1.807) is 0 Å². The van der Waals surface area contributed by atoms with Gasteiger partial charge in [0.05, 0.1) is 0 Å². The summed E-state index contributed by atoms with van der Waals surface area (Å²) in [5, 5.41) is 7.84. The number of fused-ring (bicyclic) bond motifs is 6. The summed E-state index contributed by atoms with van der Waals surface area (Å²) in [6.45, 7) is 4.49. The van der Waals surface area contributed by atoms with Gasteiger partial charge in [0.1, 0.15) is 0 Å². The molecule has 0 saturated heterocycles. The van der Waals surface area contributed by atoms with E-state index < -0.39 is 0 Å². The minimum atomic E-state index is 1.22. The highest BCUT2D eigenvalue weighted by molar-refractivity contribution is 6.25. The summed E-state index contributed by atoms with van der Waals surface area (Å²) in [5.74, 6) is 0. The van der Waals surface area contributed by atoms with Crippen LogP contribution in [0.5, 0.6) is 0 Å². The third-order valence-corrected chi connectivity index (χ3v) is 10.3. The van der Waals surface area contributed by atoms with Gasteiger partial charge in [-0.1, -0.05) is 164 Å². The Morgan fingerprint density at radius 1 is 0.220 bits per heavy atom. The molecule has 0 aromatic heterocycles. The van der Waals surface area contributed by atoms with Gasteiger partial charge in [-0.2, -0.15) is 0 Å². The van der Waals surface area contributed by atoms with Gasteiger partial charge >= 0.3 is 0 Å². The van der Waals surface area contributed by atoms with Crippen molar-refractivity contribution in [2.45, 2.75) is 13.8 Å². The molecule has 0 bridgehead atoms. The van der Waals surface area contributed by atoms with E-state index >= 15 is 0 Å². The molecule has 0 saturated carbocycles. The molecule has 9 aromatic rings. The van der Waals surface area contributed by atoms with Crippen LogP contribution in [0.15, 0.2) is 182 Å². The molecule has 0 atom stereocenters. The van der Waals surface area contributed by atoms with Gasteiger partial charge in [0, 0.05) is 0 Å². The lowest BCUT2D eigenvalue weighted by molar-refractivity contribution is 1.39. The molecule has 0 aliphatic heterocycles. The Kier molecular flexibility index (Phi) is 7.37. The summed E-state index contributed by atoms with van der Waals surface area (Å²) < 4.78 is 0. The summed E-state index contributed by atoms with van der Waals surface area (Å²) in [6.07, 6.45) is 0. The van der Waals surface area contributed by atoms with Gasteiger partial charge in [0.2, 0.25) is 0 Å². The van der Waals surface area contributed by atoms with Crippen LogP contribution in [0.3, 0.4) is 0 Å². The molecule has 236 valence electrons. The zero-order chi connectivity index (χ0) is 33.6. The van der Waals surface area contributed by atoms with Crippen LogP contribution in [0.4, 0.5) is 0 Å². The van der Waals surface area contributed by atoms with Crippen LogP contribution in [0.25, 0.3) is 88.0 Å². The Balaban J connectivity index is 1.06. The van der Waals surface area contributed by atoms with Crippen molar-refractivity contribution in [3.63, 3.8) is 0 Å². The van der Waals surface area contributed by atoms with Gasteiger partial charge in [0.15, 0.2) is 0 Å². The molecule has 0 nitrogen and oxygen atoms in total. The van der Waals surface area contributed by atoms with Crippen molar-refractivity contribution in [1.29, 1.82) is 0 Å². The van der Waals surface area contributed by atoms with Crippen LogP contribution in [-0.4, -0.2) is 0 Å². The smallest absolute Gasteiger partial charge is 0.00928 e. The van der Waals surface area contributed by atoms with Crippen molar-refractivity contribution in [3.8, 4) is 55.6 Å². The number of hydrogen-bond acceptors (Lipinski definition) is 0. The Morgan fingerprint density at radius 2 is 0.560 bits per heavy atom. The lowest BCUT2D eigenvalue weighted by atomic mass is 9.88. The fourth-order valence-corrected chi connectivity index (χ4v) is 7.74. The van der Waals surface area contributed by atoms with Crippen molar-refractivity contribution in [3.05, 3.63) is 193 Å². The van der Waals surface area contributed by atoms with Crippen LogP contribution >= 0.6 is 0 Å². The second-order valence-electron chi connectivity index (χ2n) is 13.4. The molecule has 9 aromatic carbocycles. The second-order valence-corrected chi connectivity index (χ2v) is 13.4. The molecule has 0 aliphatic carbocycles. The van der Waals surface area contributed by atoms with Crippen molar-refractivity contribution in [1.82, 2.24) is 0 Å². The maximum Gasteiger partial charge on any atom is -0.00928 e. The molecule has 0 N–H and O–H groups in total. The van der Waals surface area contributed by atoms with Crippen LogP contribution in [0, 0.1) is 13.8 Å². The molecule has 0 heteroatoms. The van der Waals surface area contributed by atoms with Crippen LogP contribution in [0.1, 0.15) is 11.1 Å². The average Bonchev–Trinajstić information content (AvgIpc) is 3.19. The second kappa shape index (κ2) is 12.3. The maximum absolute atomic E-state index is 2.40. The van der Waals surface area contributed by atoms with E-state index in [9.17, 15) is 0 Å². The Morgan fingerprint density at radius 3 is 1.12 bits per heavy atom. The Labute approximate surface area is 293 Å². The van der Waals surface area contributed by atoms with Crippen LogP contribution < -0.4 is 0 Å². The third kappa shape index (κ3) is 5.27. The van der Waals surface area contributed by atoms with Crippen LogP contribution in [0.2, 0.25) is 0 Å². The summed E-state index contributed by atoms with van der Waals surface area (Å²) in [7, 11) is 0. The highest BCUT2D eigenvalue weighted by atomic mass is 14.2. The number of hydrogen-bond donors (Lipinski definition) is 0. The van der Waals surface area contributed by atoms with E-state index in [1.807, 2.05) is 0 Å². The van der Waals surface area contributed by atoms with Crippen molar-refractivity contribution in [2.75, 3.05) is 0 Å². The maximum atomic E-state index is 2.40. The van der Waals surface area contributed by atoms with E-state index in [-0.39, 0.29) is 0 Å². The monoisotopic (exact) mass is 636 g/mol. The zero-order valence-corrected chi connectivity index (χ0v) is 28.3. The molecular weight excluding hydrogens is 601 g/mol. The number of aryl methyl sites for hydroxylation is 2. The molecule has 50 heavy (non-hydrogen) atoms. The fourth-order valence-electron chi connectivity index (χ4n) is 7.74. The minimum Gasteiger partial charge on any atom is -0.0622 e. The molecule has 0 fully saturated rings. The zero-order valence-electron chi connectivity index (χ0n) is 28.3. The largest absolute Gasteiger partial charge is 0.0622 e. The highest BCUT2D eigenvalue weighted by Crippen LogP contribution is 2.39. The van der Waals surface area contributed by atoms with Crippen LogP contribution in [-0.2, 0) is 0 Å². The average molecular weight is 637 g/mol. The van der Waals surface area contributed by atoms with E-state index in [2.05, 4.69) is 196 Å². The molecule has 0 unspecified atom stereocenters. The normalized spacial score (nSPS) is 11.4. The third-order valence-electron chi connectivity index (χ3n) is 10.3. The summed E-state index contributed by atoms with van der Waals surface area (Å²) >= 11 is 0. The van der Waals surface area contributed by atoms with Gasteiger partial charge in [-0.15, -0.1) is 0 Å². The number of rotatable bonds is 5. The molecule has 0 amide bonds. The van der Waals surface area contributed by atoms with Crippen molar-refractivity contribution < 1.29 is 0 Å². The Bertz CT molecular complexity index is 2660. The van der Waals surface area contributed by atoms with Gasteiger partial charge in [-0.05, 0) is 131 Å². The molecule has 9 rings (SSSR count). The molecule has 0 aliphatic rings. The lowest BCUT2D eigenvalue weighted by Crippen LogP contribution is -1.91. The Hall–Kier alpha value is -6.24. The van der Waals surface area contributed by atoms with E-state index in [0.29, 0.717) is 0 Å². The summed E-state index contributed by atoms with van der Waals surface area (Å²) in [6, 6.07) is 66.7. The molecule has 0 heterocycles. The fraction of sp³-hybridized carbons (Fsp3) is 0.0400. The SMILES string of the molecule is Cc1cc(-c2ccc3c4ccccc4c4ccccc4c3c2)c(C)cc1-c1cccc(-c2cccc(-c3ccc(-c4ccccc4)cc3)c2)c1. The van der Waals surface area contributed by atoms with Gasteiger partial charge < -0.3 is 0 Å². The first kappa shape index (κ1) is 29.9. The topological polar surface area (TPSA) is 0 Å². The van der Waals surface area contributed by atoms with Crippen molar-refractivity contribution in [2.24, 2.45) is 0 Å². The number of benzene rings is 9. The first-order chi connectivity index (χ1) is 24.6. The first-order valence-corrected chi connectivity index (χ1v) is 17.4. The van der Waals surface area contributed by atoms with E-state index in [0.717, 1.165) is 0 Å². The summed E-state index contributed by atoms with van der Waals surface area (Å²) in [4.78, 5) is 0. The molecular formula is C50H36. The lowest BCUT2D eigenvalue weighted by Gasteiger charge is -2.16. The minimum absolute atomic E-state index is 1.22. The van der Waals surface area contributed by atoms with Crippen molar-refractivity contribution >= 4 is 32.3 Å². The standard InChI is InChI=1S/C50H36/c1-33-29-49(42-26-27-47-45-20-7-6-18-43(45)44-19-8-9-21-46(44)50(47)32-42)34(2)28-48(33)41-17-11-16-40(31-41)39-15-10-14-38(30-39)37-24-22-36(23-25-37)35-12-4-3-5-13-35/h3-32H,1-2H3. The first-order valence-electron chi connectivity index (χ1n) is 17.4.